The van der Waals surface area contributed by atoms with Crippen LogP contribution in [0.4, 0.5) is 21.5 Å². The number of rotatable bonds is 8. The first-order valence-corrected chi connectivity index (χ1v) is 23.0. The molecule has 0 spiro atoms. The average molecular weight is 873 g/mol. The van der Waals surface area contributed by atoms with Gasteiger partial charge in [0, 0.05) is 44.3 Å². The van der Waals surface area contributed by atoms with E-state index in [0.717, 1.165) is 111 Å². The molecule has 0 unspecified atom stereocenters. The zero-order valence-corrected chi connectivity index (χ0v) is 36.9. The maximum Gasteiger partial charge on any atom is 0.135 e. The number of hydrogen-bond acceptors (Lipinski definition) is 2. The Morgan fingerprint density at radius 3 is 1.65 bits per heavy atom. The summed E-state index contributed by atoms with van der Waals surface area (Å²) in [5, 5.41) is 6.89. The third kappa shape index (κ3) is 6.90. The molecule has 4 heteroatoms. The lowest BCUT2D eigenvalue weighted by molar-refractivity contribution is 0.627. The molecule has 0 fully saturated rings. The molecule has 2 aromatic heterocycles. The van der Waals surface area contributed by atoms with Crippen molar-refractivity contribution in [2.75, 3.05) is 4.90 Å². The SMILES string of the molecule is Fc1ccc(-n2c3ccccc3c3cc(-c4cc(-c5cccc(-c6cccc(N(c7ccccc7)c7ccc8ccccc8c7)c6)c5)cc(-c5ccc6oc7ccccc7c6c5)c4)ccc32)cc1. The summed E-state index contributed by atoms with van der Waals surface area (Å²) in [6.45, 7) is 0. The number of hydrogen-bond donors (Lipinski definition) is 0. The predicted molar refractivity (Wildman–Crippen MR) is 282 cm³/mol. The molecule has 13 aromatic rings. The monoisotopic (exact) mass is 872 g/mol. The van der Waals surface area contributed by atoms with E-state index in [1.807, 2.05) is 24.3 Å². The second kappa shape index (κ2) is 16.2. The molecule has 0 radical (unpaired) electrons. The van der Waals surface area contributed by atoms with Gasteiger partial charge in [-0.25, -0.2) is 4.39 Å². The number of furan rings is 1. The Morgan fingerprint density at radius 2 is 0.853 bits per heavy atom. The third-order valence-electron chi connectivity index (χ3n) is 13.4. The van der Waals surface area contributed by atoms with Crippen LogP contribution in [-0.4, -0.2) is 4.57 Å². The van der Waals surface area contributed by atoms with Crippen molar-refractivity contribution in [2.24, 2.45) is 0 Å². The molecule has 0 aliphatic carbocycles. The van der Waals surface area contributed by atoms with E-state index in [0.29, 0.717) is 0 Å². The van der Waals surface area contributed by atoms with Crippen LogP contribution in [0.3, 0.4) is 0 Å². The van der Waals surface area contributed by atoms with Crippen LogP contribution >= 0.6 is 0 Å². The molecular formula is C64H41FN2O. The van der Waals surface area contributed by atoms with E-state index in [-0.39, 0.29) is 5.82 Å². The molecule has 0 aliphatic rings. The highest BCUT2D eigenvalue weighted by Crippen LogP contribution is 2.42. The fourth-order valence-electron chi connectivity index (χ4n) is 10.1. The Labute approximate surface area is 392 Å². The van der Waals surface area contributed by atoms with Crippen molar-refractivity contribution in [3.63, 3.8) is 0 Å². The summed E-state index contributed by atoms with van der Waals surface area (Å²) < 4.78 is 22.6. The summed E-state index contributed by atoms with van der Waals surface area (Å²) in [6.07, 6.45) is 0. The van der Waals surface area contributed by atoms with Gasteiger partial charge >= 0.3 is 0 Å². The molecule has 0 atom stereocenters. The van der Waals surface area contributed by atoms with E-state index in [1.165, 1.54) is 22.9 Å². The molecule has 11 aromatic carbocycles. The van der Waals surface area contributed by atoms with E-state index in [4.69, 9.17) is 4.42 Å². The molecule has 0 N–H and O–H groups in total. The fourth-order valence-corrected chi connectivity index (χ4v) is 10.1. The Morgan fingerprint density at radius 1 is 0.309 bits per heavy atom. The quantitative estimate of drug-likeness (QED) is 0.152. The van der Waals surface area contributed by atoms with Crippen molar-refractivity contribution in [3.05, 3.63) is 255 Å². The Kier molecular flexibility index (Phi) is 9.36. The number of fused-ring (bicyclic) bond motifs is 7. The molecule has 0 bridgehead atoms. The first-order chi connectivity index (χ1) is 33.6. The van der Waals surface area contributed by atoms with Gasteiger partial charge in [0.15, 0.2) is 0 Å². The summed E-state index contributed by atoms with van der Waals surface area (Å²) in [4.78, 5) is 2.34. The van der Waals surface area contributed by atoms with Crippen molar-refractivity contribution in [1.29, 1.82) is 0 Å². The molecule has 13 rings (SSSR count). The van der Waals surface area contributed by atoms with Crippen LogP contribution in [0.5, 0.6) is 0 Å². The van der Waals surface area contributed by atoms with E-state index in [2.05, 4.69) is 222 Å². The molecule has 3 nitrogen and oxygen atoms in total. The highest BCUT2D eigenvalue weighted by molar-refractivity contribution is 6.11. The number of para-hydroxylation sites is 3. The summed E-state index contributed by atoms with van der Waals surface area (Å²) >= 11 is 0. The topological polar surface area (TPSA) is 21.3 Å². The predicted octanol–water partition coefficient (Wildman–Crippen LogP) is 18.1. The number of anilines is 3. The summed E-state index contributed by atoms with van der Waals surface area (Å²) in [6, 6.07) is 87.2. The zero-order chi connectivity index (χ0) is 45.1. The lowest BCUT2D eigenvalue weighted by Crippen LogP contribution is -2.09. The first kappa shape index (κ1) is 39.4. The van der Waals surface area contributed by atoms with Crippen molar-refractivity contribution < 1.29 is 8.81 Å². The lowest BCUT2D eigenvalue weighted by atomic mass is 9.91. The summed E-state index contributed by atoms with van der Waals surface area (Å²) in [5.74, 6) is -0.252. The third-order valence-corrected chi connectivity index (χ3v) is 13.4. The molecule has 0 amide bonds. The van der Waals surface area contributed by atoms with Crippen LogP contribution in [0.25, 0.3) is 105 Å². The lowest BCUT2D eigenvalue weighted by Gasteiger charge is -2.26. The van der Waals surface area contributed by atoms with Gasteiger partial charge in [0.2, 0.25) is 0 Å². The second-order valence-corrected chi connectivity index (χ2v) is 17.5. The molecule has 0 aliphatic heterocycles. The molecule has 0 saturated carbocycles. The van der Waals surface area contributed by atoms with Gasteiger partial charge in [-0.05, 0) is 177 Å². The summed E-state index contributed by atoms with van der Waals surface area (Å²) in [7, 11) is 0. The van der Waals surface area contributed by atoms with Crippen LogP contribution in [-0.2, 0) is 0 Å². The van der Waals surface area contributed by atoms with Gasteiger partial charge < -0.3 is 13.9 Å². The summed E-state index contributed by atoms with van der Waals surface area (Å²) in [5.41, 5.74) is 17.0. The van der Waals surface area contributed by atoms with Gasteiger partial charge in [0.25, 0.3) is 0 Å². The van der Waals surface area contributed by atoms with Crippen LogP contribution in [0.1, 0.15) is 0 Å². The minimum absolute atomic E-state index is 0.252. The molecule has 320 valence electrons. The average Bonchev–Trinajstić information content (AvgIpc) is 3.94. The molecule has 2 heterocycles. The Hall–Kier alpha value is -8.99. The smallest absolute Gasteiger partial charge is 0.135 e. The van der Waals surface area contributed by atoms with E-state index in [1.54, 1.807) is 0 Å². The Bertz CT molecular complexity index is 4050. The van der Waals surface area contributed by atoms with Crippen molar-refractivity contribution >= 4 is 71.6 Å². The van der Waals surface area contributed by atoms with Gasteiger partial charge in [-0.15, -0.1) is 0 Å². The minimum Gasteiger partial charge on any atom is -0.456 e. The number of nitrogens with zero attached hydrogens (tertiary/aromatic N) is 2. The maximum atomic E-state index is 14.1. The highest BCUT2D eigenvalue weighted by Gasteiger charge is 2.18. The van der Waals surface area contributed by atoms with Crippen LogP contribution in [0.2, 0.25) is 0 Å². The standard InChI is InChI=1S/C64H41FN2O/c65-52-27-30-54(31-28-52)67-61-22-8-6-20-57(61)59-40-47(25-32-62(59)67)50-35-49(36-51(37-50)48-26-33-64-60(41-48)58-21-7-9-23-63(58)68-64)44-15-10-14-43(34-44)46-16-11-19-55(39-46)66(53-17-2-1-3-18-53)56-29-24-42-12-4-5-13-45(42)38-56/h1-41H. The maximum absolute atomic E-state index is 14.1. The fraction of sp³-hybridized carbons (Fsp3) is 0. The molecular weight excluding hydrogens is 832 g/mol. The van der Waals surface area contributed by atoms with E-state index < -0.39 is 0 Å². The van der Waals surface area contributed by atoms with Crippen LogP contribution in [0, 0.1) is 5.82 Å². The van der Waals surface area contributed by atoms with Gasteiger partial charge in [0.1, 0.15) is 17.0 Å². The molecule has 0 saturated heterocycles. The van der Waals surface area contributed by atoms with E-state index in [9.17, 15) is 4.39 Å². The molecule has 68 heavy (non-hydrogen) atoms. The Balaban J connectivity index is 0.953. The number of aromatic nitrogens is 1. The highest BCUT2D eigenvalue weighted by atomic mass is 19.1. The van der Waals surface area contributed by atoms with Gasteiger partial charge in [-0.3, -0.25) is 0 Å². The second-order valence-electron chi connectivity index (χ2n) is 17.5. The van der Waals surface area contributed by atoms with Gasteiger partial charge in [-0.2, -0.15) is 0 Å². The van der Waals surface area contributed by atoms with E-state index >= 15 is 0 Å². The first-order valence-electron chi connectivity index (χ1n) is 23.0. The van der Waals surface area contributed by atoms with Crippen LogP contribution < -0.4 is 4.90 Å². The van der Waals surface area contributed by atoms with Crippen molar-refractivity contribution in [1.82, 2.24) is 4.57 Å². The number of halogens is 1. The van der Waals surface area contributed by atoms with Crippen LogP contribution in [0.15, 0.2) is 253 Å². The normalized spacial score (nSPS) is 11.6. The van der Waals surface area contributed by atoms with Gasteiger partial charge in [0.05, 0.1) is 11.0 Å². The van der Waals surface area contributed by atoms with Crippen molar-refractivity contribution in [3.8, 4) is 50.2 Å². The minimum atomic E-state index is -0.252. The largest absolute Gasteiger partial charge is 0.456 e. The number of benzene rings is 11. The van der Waals surface area contributed by atoms with Crippen molar-refractivity contribution in [2.45, 2.75) is 0 Å². The zero-order valence-electron chi connectivity index (χ0n) is 36.9. The van der Waals surface area contributed by atoms with Gasteiger partial charge in [-0.1, -0.05) is 127 Å².